The van der Waals surface area contributed by atoms with Crippen molar-refractivity contribution in [2.24, 2.45) is 5.92 Å². The Hall–Kier alpha value is -1.90. The van der Waals surface area contributed by atoms with E-state index < -0.39 is 10.0 Å². The summed E-state index contributed by atoms with van der Waals surface area (Å²) < 4.78 is 32.7. The lowest BCUT2D eigenvalue weighted by Crippen LogP contribution is -2.37. The summed E-state index contributed by atoms with van der Waals surface area (Å²) in [5.41, 5.74) is 0.948. The molecule has 1 aromatic heterocycles. The maximum Gasteiger partial charge on any atom is 0.261 e. The number of piperidine rings is 1. The fraction of sp³-hybridized carbons (Fsp3) is 0.450. The summed E-state index contributed by atoms with van der Waals surface area (Å²) in [7, 11) is -3.52. The van der Waals surface area contributed by atoms with Crippen molar-refractivity contribution in [2.75, 3.05) is 19.7 Å². The Balaban J connectivity index is 1.60. The zero-order valence-corrected chi connectivity index (χ0v) is 17.8. The van der Waals surface area contributed by atoms with E-state index in [1.807, 2.05) is 31.2 Å². The first-order valence-electron chi connectivity index (χ1n) is 9.50. The highest BCUT2D eigenvalue weighted by atomic mass is 32.2. The average Bonchev–Trinajstić information content (AvgIpc) is 3.19. The van der Waals surface area contributed by atoms with Crippen molar-refractivity contribution < 1.29 is 17.9 Å². The minimum atomic E-state index is -3.52. The molecule has 6 nitrogen and oxygen atoms in total. The van der Waals surface area contributed by atoms with Crippen molar-refractivity contribution >= 4 is 27.3 Å². The number of rotatable bonds is 7. The molecule has 2 heterocycles. The lowest BCUT2D eigenvalue weighted by molar-refractivity contribution is 0.0955. The number of nitrogens with one attached hydrogen (secondary N) is 1. The number of sulfonamides is 1. The molecule has 3 rings (SSSR count). The Morgan fingerprint density at radius 3 is 2.50 bits per heavy atom. The second kappa shape index (κ2) is 9.07. The smallest absolute Gasteiger partial charge is 0.261 e. The van der Waals surface area contributed by atoms with Crippen molar-refractivity contribution in [2.45, 2.75) is 37.4 Å². The molecule has 1 aliphatic rings. The van der Waals surface area contributed by atoms with Crippen LogP contribution >= 0.6 is 11.3 Å². The molecule has 0 radical (unpaired) electrons. The summed E-state index contributed by atoms with van der Waals surface area (Å²) in [6, 6.07) is 10.6. The van der Waals surface area contributed by atoms with E-state index in [9.17, 15) is 13.2 Å². The SMILES string of the molecule is CCOc1ccc(CNC(=O)c2ccc(S(=O)(=O)N3CCC(C)CC3)s2)cc1. The maximum atomic E-state index is 12.8. The molecule has 0 unspecified atom stereocenters. The van der Waals surface area contributed by atoms with Gasteiger partial charge in [0.25, 0.3) is 15.9 Å². The third-order valence-corrected chi connectivity index (χ3v) is 8.28. The number of hydrogen-bond donors (Lipinski definition) is 1. The molecule has 2 aromatic rings. The lowest BCUT2D eigenvalue weighted by atomic mass is 10.0. The molecule has 0 atom stereocenters. The van der Waals surface area contributed by atoms with E-state index in [4.69, 9.17) is 4.74 Å². The van der Waals surface area contributed by atoms with Crippen molar-refractivity contribution in [1.82, 2.24) is 9.62 Å². The standard InChI is InChI=1S/C20H26N2O4S2/c1-3-26-17-6-4-16(5-7-17)14-21-20(23)18-8-9-19(27-18)28(24,25)22-12-10-15(2)11-13-22/h4-9,15H,3,10-14H2,1-2H3,(H,21,23). The monoisotopic (exact) mass is 422 g/mol. The van der Waals surface area contributed by atoms with Crippen LogP contribution in [0.25, 0.3) is 0 Å². The van der Waals surface area contributed by atoms with Crippen LogP contribution in [0.15, 0.2) is 40.6 Å². The summed E-state index contributed by atoms with van der Waals surface area (Å²) in [6.45, 7) is 6.13. The highest BCUT2D eigenvalue weighted by molar-refractivity contribution is 7.91. The van der Waals surface area contributed by atoms with Gasteiger partial charge in [-0.05, 0) is 55.5 Å². The minimum absolute atomic E-state index is 0.230. The van der Waals surface area contributed by atoms with Gasteiger partial charge in [-0.25, -0.2) is 8.42 Å². The van der Waals surface area contributed by atoms with Gasteiger partial charge in [-0.2, -0.15) is 4.31 Å². The van der Waals surface area contributed by atoms with Crippen molar-refractivity contribution in [3.8, 4) is 5.75 Å². The van der Waals surface area contributed by atoms with Crippen molar-refractivity contribution in [3.05, 3.63) is 46.8 Å². The van der Waals surface area contributed by atoms with E-state index in [0.29, 0.717) is 37.0 Å². The molecule has 1 aromatic carbocycles. The Morgan fingerprint density at radius 2 is 1.86 bits per heavy atom. The van der Waals surface area contributed by atoms with Gasteiger partial charge in [0, 0.05) is 19.6 Å². The van der Waals surface area contributed by atoms with Gasteiger partial charge in [0.05, 0.1) is 11.5 Å². The summed E-state index contributed by atoms with van der Waals surface area (Å²) in [4.78, 5) is 12.8. The number of benzene rings is 1. The van der Waals surface area contributed by atoms with Crippen LogP contribution in [0, 0.1) is 5.92 Å². The molecule has 1 amide bonds. The number of amides is 1. The van der Waals surface area contributed by atoms with Gasteiger partial charge in [-0.3, -0.25) is 4.79 Å². The lowest BCUT2D eigenvalue weighted by Gasteiger charge is -2.28. The molecular formula is C20H26N2O4S2. The zero-order valence-electron chi connectivity index (χ0n) is 16.2. The average molecular weight is 423 g/mol. The van der Waals surface area contributed by atoms with E-state index in [1.54, 1.807) is 6.07 Å². The van der Waals surface area contributed by atoms with Crippen LogP contribution in [-0.2, 0) is 16.6 Å². The first-order chi connectivity index (χ1) is 13.4. The Bertz CT molecular complexity index is 899. The summed E-state index contributed by atoms with van der Waals surface area (Å²) >= 11 is 1.02. The van der Waals surface area contributed by atoms with Crippen LogP contribution in [0.3, 0.4) is 0 Å². The Kier molecular flexibility index (Phi) is 6.74. The van der Waals surface area contributed by atoms with Gasteiger partial charge >= 0.3 is 0 Å². The molecule has 1 saturated heterocycles. The Morgan fingerprint density at radius 1 is 1.18 bits per heavy atom. The number of thiophene rings is 1. The fourth-order valence-corrected chi connectivity index (χ4v) is 5.92. The molecule has 1 aliphatic heterocycles. The van der Waals surface area contributed by atoms with Crippen LogP contribution in [-0.4, -0.2) is 38.3 Å². The van der Waals surface area contributed by atoms with Gasteiger partial charge in [-0.1, -0.05) is 19.1 Å². The molecular weight excluding hydrogens is 396 g/mol. The number of hydrogen-bond acceptors (Lipinski definition) is 5. The zero-order chi connectivity index (χ0) is 20.1. The first kappa shape index (κ1) is 20.8. The molecule has 152 valence electrons. The largest absolute Gasteiger partial charge is 0.494 e. The predicted molar refractivity (Wildman–Crippen MR) is 110 cm³/mol. The third kappa shape index (κ3) is 4.92. The molecule has 0 saturated carbocycles. The maximum absolute atomic E-state index is 12.8. The van der Waals surface area contributed by atoms with Crippen LogP contribution in [0.4, 0.5) is 0 Å². The van der Waals surface area contributed by atoms with Gasteiger partial charge in [0.15, 0.2) is 0 Å². The van der Waals surface area contributed by atoms with Gasteiger partial charge < -0.3 is 10.1 Å². The molecule has 28 heavy (non-hydrogen) atoms. The molecule has 1 N–H and O–H groups in total. The van der Waals surface area contributed by atoms with Gasteiger partial charge in [0.1, 0.15) is 9.96 Å². The quantitative estimate of drug-likeness (QED) is 0.741. The number of nitrogens with zero attached hydrogens (tertiary/aromatic N) is 1. The van der Waals surface area contributed by atoms with Gasteiger partial charge in [0.2, 0.25) is 0 Å². The highest BCUT2D eigenvalue weighted by Gasteiger charge is 2.29. The topological polar surface area (TPSA) is 75.7 Å². The van der Waals surface area contributed by atoms with E-state index in [1.165, 1.54) is 10.4 Å². The van der Waals surface area contributed by atoms with Crippen LogP contribution in [0.1, 0.15) is 41.9 Å². The summed E-state index contributed by atoms with van der Waals surface area (Å²) in [5.74, 6) is 1.07. The molecule has 8 heteroatoms. The van der Waals surface area contributed by atoms with Crippen LogP contribution in [0.5, 0.6) is 5.75 Å². The highest BCUT2D eigenvalue weighted by Crippen LogP contribution is 2.28. The normalized spacial score (nSPS) is 16.1. The van der Waals surface area contributed by atoms with Crippen molar-refractivity contribution in [1.29, 1.82) is 0 Å². The second-order valence-corrected chi connectivity index (χ2v) is 10.2. The van der Waals surface area contributed by atoms with E-state index in [-0.39, 0.29) is 10.1 Å². The van der Waals surface area contributed by atoms with Gasteiger partial charge in [-0.15, -0.1) is 11.3 Å². The first-order valence-corrected chi connectivity index (χ1v) is 11.8. The minimum Gasteiger partial charge on any atom is -0.494 e. The Labute approximate surface area is 170 Å². The van der Waals surface area contributed by atoms with E-state index in [2.05, 4.69) is 12.2 Å². The molecule has 1 fully saturated rings. The number of carbonyl (C=O) groups excluding carboxylic acids is 1. The second-order valence-electron chi connectivity index (χ2n) is 6.96. The van der Waals surface area contributed by atoms with E-state index >= 15 is 0 Å². The fourth-order valence-electron chi connectivity index (χ4n) is 3.07. The molecule has 0 aliphatic carbocycles. The third-order valence-electron chi connectivity index (χ3n) is 4.83. The predicted octanol–water partition coefficient (Wildman–Crippen LogP) is 3.50. The molecule has 0 bridgehead atoms. The van der Waals surface area contributed by atoms with Crippen molar-refractivity contribution in [3.63, 3.8) is 0 Å². The van der Waals surface area contributed by atoms with Crippen LogP contribution in [0.2, 0.25) is 0 Å². The number of carbonyl (C=O) groups is 1. The molecule has 0 spiro atoms. The summed E-state index contributed by atoms with van der Waals surface area (Å²) in [5, 5.41) is 2.84. The summed E-state index contributed by atoms with van der Waals surface area (Å²) in [6.07, 6.45) is 1.75. The number of ether oxygens (including phenoxy) is 1. The van der Waals surface area contributed by atoms with Crippen LogP contribution < -0.4 is 10.1 Å². The van der Waals surface area contributed by atoms with E-state index in [0.717, 1.165) is 35.5 Å².